The zero-order valence-electron chi connectivity index (χ0n) is 6.66. The van der Waals surface area contributed by atoms with E-state index in [1.165, 1.54) is 0 Å². The minimum atomic E-state index is -0.687. The van der Waals surface area contributed by atoms with Gasteiger partial charge in [0.05, 0.1) is 10.6 Å². The fourth-order valence-corrected chi connectivity index (χ4v) is 0.946. The van der Waals surface area contributed by atoms with Crippen LogP contribution >= 0.6 is 0 Å². The number of nitrogen functional groups attached to an aromatic ring is 1. The Morgan fingerprint density at radius 1 is 1.54 bits per heavy atom. The number of non-ortho nitro benzene ring substituents is 1. The quantitative estimate of drug-likeness (QED) is 0.404. The van der Waals surface area contributed by atoms with Gasteiger partial charge in [-0.1, -0.05) is 0 Å². The number of anilines is 1. The fourth-order valence-electron chi connectivity index (χ4n) is 0.946. The van der Waals surface area contributed by atoms with Crippen LogP contribution in [0.3, 0.4) is 0 Å². The van der Waals surface area contributed by atoms with Crippen molar-refractivity contribution in [1.82, 2.24) is 0 Å². The first-order valence-corrected chi connectivity index (χ1v) is 3.48. The van der Waals surface area contributed by atoms with E-state index in [9.17, 15) is 14.5 Å². The topological polar surface area (TPSA) is 95.2 Å². The van der Waals surface area contributed by atoms with Crippen molar-refractivity contribution in [3.8, 4) is 0 Å². The molecule has 0 bridgehead atoms. The Morgan fingerprint density at radius 2 is 2.15 bits per heavy atom. The lowest BCUT2D eigenvalue weighted by Gasteiger charge is -2.02. The lowest BCUT2D eigenvalue weighted by atomic mass is 10.1. The van der Waals surface area contributed by atoms with Gasteiger partial charge in [-0.3, -0.25) is 10.1 Å². The van der Waals surface area contributed by atoms with Gasteiger partial charge in [-0.05, 0) is 0 Å². The van der Waals surface area contributed by atoms with Gasteiger partial charge in [0.2, 0.25) is 0 Å². The molecule has 0 heterocycles. The van der Waals surface area contributed by atoms with Crippen LogP contribution in [0, 0.1) is 15.9 Å². The molecule has 0 aliphatic heterocycles. The molecule has 4 N–H and O–H groups in total. The number of nitro groups is 1. The van der Waals surface area contributed by atoms with E-state index in [4.69, 9.17) is 11.5 Å². The van der Waals surface area contributed by atoms with E-state index < -0.39 is 10.7 Å². The molecule has 0 amide bonds. The highest BCUT2D eigenvalue weighted by Crippen LogP contribution is 2.22. The van der Waals surface area contributed by atoms with Crippen LogP contribution in [0.4, 0.5) is 15.8 Å². The van der Waals surface area contributed by atoms with Crippen LogP contribution in [-0.4, -0.2) is 4.92 Å². The van der Waals surface area contributed by atoms with E-state index in [2.05, 4.69) is 0 Å². The highest BCUT2D eigenvalue weighted by atomic mass is 19.1. The monoisotopic (exact) mass is 185 g/mol. The molecule has 1 aromatic carbocycles. The summed E-state index contributed by atoms with van der Waals surface area (Å²) in [7, 11) is 0. The van der Waals surface area contributed by atoms with Gasteiger partial charge in [0.1, 0.15) is 0 Å². The Balaban J connectivity index is 3.30. The molecule has 6 heteroatoms. The summed E-state index contributed by atoms with van der Waals surface area (Å²) in [6.45, 7) is -0.113. The smallest absolute Gasteiger partial charge is 0.272 e. The van der Waals surface area contributed by atoms with Crippen LogP contribution in [0.1, 0.15) is 5.56 Å². The molecule has 70 valence electrons. The number of rotatable bonds is 2. The van der Waals surface area contributed by atoms with Gasteiger partial charge < -0.3 is 11.5 Å². The fraction of sp³-hybridized carbons (Fsp3) is 0.143. The largest absolute Gasteiger partial charge is 0.396 e. The van der Waals surface area contributed by atoms with Crippen molar-refractivity contribution in [3.05, 3.63) is 33.6 Å². The lowest BCUT2D eigenvalue weighted by Crippen LogP contribution is -2.04. The third-order valence-corrected chi connectivity index (χ3v) is 1.59. The second-order valence-corrected chi connectivity index (χ2v) is 2.47. The van der Waals surface area contributed by atoms with Crippen LogP contribution < -0.4 is 11.5 Å². The summed E-state index contributed by atoms with van der Waals surface area (Å²) in [5, 5.41) is 10.3. The minimum Gasteiger partial charge on any atom is -0.396 e. The molecule has 0 fully saturated rings. The Hall–Kier alpha value is -1.69. The predicted octanol–water partition coefficient (Wildman–Crippen LogP) is 0.775. The van der Waals surface area contributed by atoms with Crippen molar-refractivity contribution in [3.63, 3.8) is 0 Å². The molecule has 5 nitrogen and oxygen atoms in total. The SMILES string of the molecule is NCc1cc([N+](=O)[O-])cc(N)c1F. The van der Waals surface area contributed by atoms with Crippen molar-refractivity contribution in [1.29, 1.82) is 0 Å². The van der Waals surface area contributed by atoms with E-state index in [-0.39, 0.29) is 23.5 Å². The van der Waals surface area contributed by atoms with Crippen molar-refractivity contribution in [2.45, 2.75) is 6.54 Å². The molecule has 0 radical (unpaired) electrons. The molecule has 0 saturated heterocycles. The summed E-state index contributed by atoms with van der Waals surface area (Å²) in [4.78, 5) is 9.68. The normalized spacial score (nSPS) is 10.0. The molecule has 0 unspecified atom stereocenters. The number of nitro benzene ring substituents is 1. The molecule has 0 aliphatic rings. The van der Waals surface area contributed by atoms with Gasteiger partial charge in [0, 0.05) is 24.2 Å². The maximum absolute atomic E-state index is 13.0. The first-order valence-electron chi connectivity index (χ1n) is 3.48. The highest BCUT2D eigenvalue weighted by molar-refractivity contribution is 5.52. The van der Waals surface area contributed by atoms with Gasteiger partial charge in [0.15, 0.2) is 5.82 Å². The number of hydrogen-bond donors (Lipinski definition) is 2. The highest BCUT2D eigenvalue weighted by Gasteiger charge is 2.13. The van der Waals surface area contributed by atoms with E-state index in [0.717, 1.165) is 12.1 Å². The summed E-state index contributed by atoms with van der Waals surface area (Å²) < 4.78 is 13.0. The van der Waals surface area contributed by atoms with Crippen molar-refractivity contribution in [2.24, 2.45) is 5.73 Å². The van der Waals surface area contributed by atoms with Gasteiger partial charge in [0.25, 0.3) is 5.69 Å². The third kappa shape index (κ3) is 1.73. The van der Waals surface area contributed by atoms with Crippen LogP contribution in [0.5, 0.6) is 0 Å². The van der Waals surface area contributed by atoms with Crippen molar-refractivity contribution >= 4 is 11.4 Å². The van der Waals surface area contributed by atoms with E-state index >= 15 is 0 Å². The molecule has 0 spiro atoms. The molecular formula is C7H8FN3O2. The zero-order valence-corrected chi connectivity index (χ0v) is 6.66. The average molecular weight is 185 g/mol. The Labute approximate surface area is 73.3 Å². The number of nitrogens with zero attached hydrogens (tertiary/aromatic N) is 1. The lowest BCUT2D eigenvalue weighted by molar-refractivity contribution is -0.384. The Bertz CT molecular complexity index is 354. The average Bonchev–Trinajstić information content (AvgIpc) is 2.09. The zero-order chi connectivity index (χ0) is 10.0. The second kappa shape index (κ2) is 3.36. The number of nitrogens with two attached hydrogens (primary N) is 2. The maximum atomic E-state index is 13.0. The summed E-state index contributed by atoms with van der Waals surface area (Å²) in [6.07, 6.45) is 0. The van der Waals surface area contributed by atoms with E-state index in [1.54, 1.807) is 0 Å². The summed E-state index contributed by atoms with van der Waals surface area (Å²) >= 11 is 0. The molecule has 0 aliphatic carbocycles. The predicted molar refractivity (Wildman–Crippen MR) is 45.4 cm³/mol. The van der Waals surface area contributed by atoms with Gasteiger partial charge in [-0.2, -0.15) is 0 Å². The number of benzene rings is 1. The van der Waals surface area contributed by atoms with Crippen LogP contribution in [0.2, 0.25) is 0 Å². The van der Waals surface area contributed by atoms with E-state index in [1.807, 2.05) is 0 Å². The van der Waals surface area contributed by atoms with Crippen molar-refractivity contribution < 1.29 is 9.31 Å². The molecule has 1 aromatic rings. The Morgan fingerprint density at radius 3 is 2.62 bits per heavy atom. The van der Waals surface area contributed by atoms with Gasteiger partial charge >= 0.3 is 0 Å². The molecule has 1 rings (SSSR count). The van der Waals surface area contributed by atoms with Crippen LogP contribution in [0.25, 0.3) is 0 Å². The second-order valence-electron chi connectivity index (χ2n) is 2.47. The van der Waals surface area contributed by atoms with Crippen molar-refractivity contribution in [2.75, 3.05) is 5.73 Å². The van der Waals surface area contributed by atoms with Gasteiger partial charge in [-0.25, -0.2) is 4.39 Å². The maximum Gasteiger partial charge on any atom is 0.272 e. The summed E-state index contributed by atoms with van der Waals surface area (Å²) in [5.74, 6) is -0.687. The summed E-state index contributed by atoms with van der Waals surface area (Å²) in [5.41, 5.74) is 9.91. The number of hydrogen-bond acceptors (Lipinski definition) is 4. The molecular weight excluding hydrogens is 177 g/mol. The third-order valence-electron chi connectivity index (χ3n) is 1.59. The summed E-state index contributed by atoms with van der Waals surface area (Å²) in [6, 6.07) is 2.04. The minimum absolute atomic E-state index is 0.0479. The first-order chi connectivity index (χ1) is 6.06. The van der Waals surface area contributed by atoms with Crippen LogP contribution in [0.15, 0.2) is 12.1 Å². The van der Waals surface area contributed by atoms with Crippen LogP contribution in [-0.2, 0) is 6.54 Å². The molecule has 0 saturated carbocycles. The number of halogens is 1. The Kier molecular flexibility index (Phi) is 2.43. The standard InChI is InChI=1S/C7H8FN3O2/c8-7-4(3-9)1-5(11(12)13)2-6(7)10/h1-2H,3,9-10H2. The van der Waals surface area contributed by atoms with Gasteiger partial charge in [-0.15, -0.1) is 0 Å². The molecule has 13 heavy (non-hydrogen) atoms. The van der Waals surface area contributed by atoms with E-state index in [0.29, 0.717) is 0 Å². The molecule has 0 aromatic heterocycles. The molecule has 0 atom stereocenters. The first kappa shape index (κ1) is 9.40.